The number of fused-ring (bicyclic) bond motifs is 1. The number of aromatic nitrogens is 1. The Hall–Kier alpha value is -2.14. The fourth-order valence-corrected chi connectivity index (χ4v) is 2.91. The Balaban J connectivity index is 1.90. The van der Waals surface area contributed by atoms with Gasteiger partial charge in [0.15, 0.2) is 0 Å². The van der Waals surface area contributed by atoms with Crippen molar-refractivity contribution in [3.63, 3.8) is 0 Å². The largest absolute Gasteiger partial charge is 0.478 e. The van der Waals surface area contributed by atoms with Crippen LogP contribution in [0.2, 0.25) is 0 Å². The van der Waals surface area contributed by atoms with Gasteiger partial charge in [0.1, 0.15) is 5.82 Å². The number of para-hydroxylation sites is 1. The van der Waals surface area contributed by atoms with Gasteiger partial charge in [0.2, 0.25) is 0 Å². The van der Waals surface area contributed by atoms with Gasteiger partial charge >= 0.3 is 5.97 Å². The van der Waals surface area contributed by atoms with Crippen molar-refractivity contribution in [3.05, 3.63) is 35.9 Å². The summed E-state index contributed by atoms with van der Waals surface area (Å²) >= 11 is 0. The van der Waals surface area contributed by atoms with Gasteiger partial charge in [-0.15, -0.1) is 0 Å². The number of carbonyl (C=O) groups is 1. The number of nitrogens with zero attached hydrogens (tertiary/aromatic N) is 1. The van der Waals surface area contributed by atoms with Crippen LogP contribution < -0.4 is 5.32 Å². The average molecular weight is 286 g/mol. The monoisotopic (exact) mass is 286 g/mol. The second kappa shape index (κ2) is 5.33. The summed E-state index contributed by atoms with van der Waals surface area (Å²) < 4.78 is 0. The standard InChI is InChI=1S/C16H18N2O3/c19-15(20)12-9-14(17-10-16(21)7-3-4-8-16)18-13-6-2-1-5-11(12)13/h1-2,5-6,9,21H,3-4,7-8,10H2,(H,17,18)(H,19,20). The number of pyridine rings is 1. The number of aromatic carboxylic acids is 1. The number of rotatable bonds is 4. The summed E-state index contributed by atoms with van der Waals surface area (Å²) in [6.45, 7) is 0.400. The molecule has 5 nitrogen and oxygen atoms in total. The van der Waals surface area contributed by atoms with Crippen LogP contribution in [0.1, 0.15) is 36.0 Å². The molecule has 5 heteroatoms. The fraction of sp³-hybridized carbons (Fsp3) is 0.375. The molecule has 0 amide bonds. The van der Waals surface area contributed by atoms with E-state index in [0.717, 1.165) is 25.7 Å². The van der Waals surface area contributed by atoms with E-state index in [0.29, 0.717) is 23.3 Å². The van der Waals surface area contributed by atoms with E-state index in [-0.39, 0.29) is 5.56 Å². The molecule has 2 aromatic rings. The molecule has 21 heavy (non-hydrogen) atoms. The lowest BCUT2D eigenvalue weighted by atomic mass is 10.0. The predicted molar refractivity (Wildman–Crippen MR) is 80.6 cm³/mol. The summed E-state index contributed by atoms with van der Waals surface area (Å²) in [5.41, 5.74) is 0.163. The van der Waals surface area contributed by atoms with Gasteiger partial charge in [-0.05, 0) is 25.0 Å². The minimum Gasteiger partial charge on any atom is -0.478 e. The predicted octanol–water partition coefficient (Wildman–Crippen LogP) is 2.65. The maximum atomic E-state index is 11.4. The molecule has 1 fully saturated rings. The second-order valence-corrected chi connectivity index (χ2v) is 5.66. The Kier molecular flexibility index (Phi) is 3.51. The highest BCUT2D eigenvalue weighted by molar-refractivity contribution is 6.03. The summed E-state index contributed by atoms with van der Waals surface area (Å²) in [4.78, 5) is 15.8. The normalized spacial score (nSPS) is 17.0. The molecule has 3 N–H and O–H groups in total. The second-order valence-electron chi connectivity index (χ2n) is 5.66. The molecule has 1 aliphatic rings. The minimum atomic E-state index is -0.976. The van der Waals surface area contributed by atoms with Gasteiger partial charge in [0.25, 0.3) is 0 Å². The first-order chi connectivity index (χ1) is 10.1. The van der Waals surface area contributed by atoms with Crippen LogP contribution in [0.3, 0.4) is 0 Å². The molecule has 1 aromatic heterocycles. The highest BCUT2D eigenvalue weighted by Gasteiger charge is 2.30. The Bertz CT molecular complexity index is 678. The molecule has 0 bridgehead atoms. The number of nitrogens with one attached hydrogen (secondary N) is 1. The minimum absolute atomic E-state index is 0.224. The zero-order valence-corrected chi connectivity index (χ0v) is 11.7. The van der Waals surface area contributed by atoms with E-state index in [1.807, 2.05) is 6.07 Å². The van der Waals surface area contributed by atoms with Crippen LogP contribution in [0.15, 0.2) is 30.3 Å². The molecule has 3 rings (SSSR count). The summed E-state index contributed by atoms with van der Waals surface area (Å²) in [5.74, 6) is -0.484. The third-order valence-electron chi connectivity index (χ3n) is 4.08. The van der Waals surface area contributed by atoms with Crippen LogP contribution in [0.5, 0.6) is 0 Å². The number of hydrogen-bond donors (Lipinski definition) is 3. The number of hydrogen-bond acceptors (Lipinski definition) is 4. The lowest BCUT2D eigenvalue weighted by Crippen LogP contribution is -2.33. The highest BCUT2D eigenvalue weighted by atomic mass is 16.4. The summed E-state index contributed by atoms with van der Waals surface area (Å²) in [6.07, 6.45) is 3.62. The van der Waals surface area contributed by atoms with Gasteiger partial charge in [-0.3, -0.25) is 0 Å². The van der Waals surface area contributed by atoms with Gasteiger partial charge in [0, 0.05) is 11.9 Å². The Morgan fingerprint density at radius 3 is 2.71 bits per heavy atom. The quantitative estimate of drug-likeness (QED) is 0.805. The molecule has 1 saturated carbocycles. The first-order valence-corrected chi connectivity index (χ1v) is 7.17. The van der Waals surface area contributed by atoms with Crippen molar-refractivity contribution in [2.45, 2.75) is 31.3 Å². The molecule has 0 unspecified atom stereocenters. The number of carboxylic acid groups (broad SMARTS) is 1. The van der Waals surface area contributed by atoms with E-state index in [4.69, 9.17) is 0 Å². The Morgan fingerprint density at radius 1 is 1.29 bits per heavy atom. The van der Waals surface area contributed by atoms with E-state index in [2.05, 4.69) is 10.3 Å². The van der Waals surface area contributed by atoms with Crippen LogP contribution in [-0.2, 0) is 0 Å². The van der Waals surface area contributed by atoms with Crippen LogP contribution in [0.25, 0.3) is 10.9 Å². The zero-order chi connectivity index (χ0) is 14.9. The summed E-state index contributed by atoms with van der Waals surface area (Å²) in [5, 5.41) is 23.4. The van der Waals surface area contributed by atoms with E-state index in [9.17, 15) is 15.0 Å². The van der Waals surface area contributed by atoms with Gasteiger partial charge in [-0.1, -0.05) is 31.0 Å². The number of benzene rings is 1. The molecule has 1 aliphatic carbocycles. The molecule has 0 atom stereocenters. The van der Waals surface area contributed by atoms with Crippen molar-refractivity contribution in [2.24, 2.45) is 0 Å². The molecule has 0 aliphatic heterocycles. The van der Waals surface area contributed by atoms with Crippen molar-refractivity contribution in [3.8, 4) is 0 Å². The van der Waals surface area contributed by atoms with E-state index >= 15 is 0 Å². The summed E-state index contributed by atoms with van der Waals surface area (Å²) in [7, 11) is 0. The van der Waals surface area contributed by atoms with E-state index in [1.165, 1.54) is 6.07 Å². The summed E-state index contributed by atoms with van der Waals surface area (Å²) in [6, 6.07) is 8.69. The van der Waals surface area contributed by atoms with Crippen LogP contribution in [0, 0.1) is 0 Å². The highest BCUT2D eigenvalue weighted by Crippen LogP contribution is 2.30. The average Bonchev–Trinajstić information content (AvgIpc) is 2.91. The molecule has 1 heterocycles. The van der Waals surface area contributed by atoms with Gasteiger partial charge in [-0.2, -0.15) is 0 Å². The lowest BCUT2D eigenvalue weighted by Gasteiger charge is -2.22. The smallest absolute Gasteiger partial charge is 0.336 e. The van der Waals surface area contributed by atoms with Crippen LogP contribution in [-0.4, -0.2) is 33.3 Å². The fourth-order valence-electron chi connectivity index (χ4n) is 2.91. The van der Waals surface area contributed by atoms with Crippen molar-refractivity contribution >= 4 is 22.7 Å². The van der Waals surface area contributed by atoms with Gasteiger partial charge in [-0.25, -0.2) is 9.78 Å². The molecular weight excluding hydrogens is 268 g/mol. The maximum Gasteiger partial charge on any atom is 0.336 e. The van der Waals surface area contributed by atoms with Crippen molar-refractivity contribution in [2.75, 3.05) is 11.9 Å². The molecule has 1 aromatic carbocycles. The van der Waals surface area contributed by atoms with Crippen molar-refractivity contribution < 1.29 is 15.0 Å². The molecule has 110 valence electrons. The first-order valence-electron chi connectivity index (χ1n) is 7.17. The third kappa shape index (κ3) is 2.83. The van der Waals surface area contributed by atoms with Crippen molar-refractivity contribution in [1.82, 2.24) is 4.98 Å². The van der Waals surface area contributed by atoms with Crippen molar-refractivity contribution in [1.29, 1.82) is 0 Å². The first kappa shape index (κ1) is 13.8. The Labute approximate surface area is 122 Å². The number of anilines is 1. The van der Waals surface area contributed by atoms with E-state index < -0.39 is 11.6 Å². The molecule has 0 radical (unpaired) electrons. The molecule has 0 saturated heterocycles. The van der Waals surface area contributed by atoms with Crippen LogP contribution in [0.4, 0.5) is 5.82 Å². The Morgan fingerprint density at radius 2 is 2.00 bits per heavy atom. The molecular formula is C16H18N2O3. The number of carboxylic acids is 1. The van der Waals surface area contributed by atoms with Gasteiger partial charge in [0.05, 0.1) is 16.7 Å². The SMILES string of the molecule is O=C(O)c1cc(NCC2(O)CCCC2)nc2ccccc12. The van der Waals surface area contributed by atoms with Crippen LogP contribution >= 0.6 is 0 Å². The lowest BCUT2D eigenvalue weighted by molar-refractivity contribution is 0.0614. The maximum absolute atomic E-state index is 11.4. The van der Waals surface area contributed by atoms with Gasteiger partial charge < -0.3 is 15.5 Å². The zero-order valence-electron chi connectivity index (χ0n) is 11.7. The molecule has 0 spiro atoms. The topological polar surface area (TPSA) is 82.5 Å². The van der Waals surface area contributed by atoms with E-state index in [1.54, 1.807) is 18.2 Å². The third-order valence-corrected chi connectivity index (χ3v) is 4.08. The number of aliphatic hydroxyl groups is 1.